The van der Waals surface area contributed by atoms with Gasteiger partial charge in [0.05, 0.1) is 19.1 Å². The van der Waals surface area contributed by atoms with Crippen LogP contribution in [0.15, 0.2) is 78.9 Å². The summed E-state index contributed by atoms with van der Waals surface area (Å²) in [5.74, 6) is -0.416. The van der Waals surface area contributed by atoms with Crippen LogP contribution in [0.25, 0.3) is 0 Å². The van der Waals surface area contributed by atoms with Gasteiger partial charge in [-0.2, -0.15) is 0 Å². The Balaban J connectivity index is 1.53. The van der Waals surface area contributed by atoms with Crippen LogP contribution in [0.2, 0.25) is 0 Å². The van der Waals surface area contributed by atoms with Gasteiger partial charge in [0.2, 0.25) is 12.5 Å². The van der Waals surface area contributed by atoms with Crippen LogP contribution in [0, 0.1) is 10.1 Å². The Hall–Kier alpha value is -4.40. The Labute approximate surface area is 214 Å². The molecule has 2 atom stereocenters. The lowest BCUT2D eigenvalue weighted by Crippen LogP contribution is -2.41. The van der Waals surface area contributed by atoms with E-state index in [9.17, 15) is 19.7 Å². The number of amides is 2. The number of hydrogen-bond donors (Lipinski definition) is 0. The van der Waals surface area contributed by atoms with Gasteiger partial charge in [-0.3, -0.25) is 14.9 Å². The highest BCUT2D eigenvalue weighted by Gasteiger charge is 2.39. The number of ether oxygens (including phenoxy) is 3. The van der Waals surface area contributed by atoms with Crippen LogP contribution in [0.1, 0.15) is 29.0 Å². The van der Waals surface area contributed by atoms with Gasteiger partial charge in [0.15, 0.2) is 11.5 Å². The molecule has 0 N–H and O–H groups in total. The number of benzene rings is 3. The molecule has 3 aromatic carbocycles. The fourth-order valence-corrected chi connectivity index (χ4v) is 4.37. The largest absolute Gasteiger partial charge is 0.493 e. The maximum Gasteiger partial charge on any atom is 0.416 e. The third kappa shape index (κ3) is 6.63. The van der Waals surface area contributed by atoms with Gasteiger partial charge in [0, 0.05) is 11.3 Å². The van der Waals surface area contributed by atoms with Crippen molar-refractivity contribution in [1.82, 2.24) is 4.90 Å². The molecule has 0 saturated carbocycles. The molecule has 1 saturated heterocycles. The highest BCUT2D eigenvalue weighted by molar-refractivity contribution is 5.94. The minimum atomic E-state index is -0.779. The van der Waals surface area contributed by atoms with Gasteiger partial charge in [-0.25, -0.2) is 9.69 Å². The molecule has 1 aliphatic rings. The second-order valence-electron chi connectivity index (χ2n) is 8.79. The Morgan fingerprint density at radius 1 is 1.05 bits per heavy atom. The SMILES string of the molecule is COc1ccc([C@H](CC(=O)N2C(=O)OC[C@H]2Cc2ccccc2)C[N+](=O)[O-])cc1OCc1ccccc1. The fraction of sp³-hybridized carbons (Fsp3) is 0.286. The maximum atomic E-state index is 13.3. The van der Waals surface area contributed by atoms with Crippen LogP contribution in [0.4, 0.5) is 4.79 Å². The molecule has 0 radical (unpaired) electrons. The van der Waals surface area contributed by atoms with Gasteiger partial charge in [-0.15, -0.1) is 0 Å². The summed E-state index contributed by atoms with van der Waals surface area (Å²) in [6, 6.07) is 23.6. The molecule has 1 aliphatic heterocycles. The molecular formula is C28H28N2O7. The highest BCUT2D eigenvalue weighted by atomic mass is 16.6. The topological polar surface area (TPSA) is 108 Å². The molecule has 4 rings (SSSR count). The van der Waals surface area contributed by atoms with Crippen LogP contribution in [-0.2, 0) is 22.6 Å². The molecule has 0 aromatic heterocycles. The van der Waals surface area contributed by atoms with Crippen molar-refractivity contribution < 1.29 is 28.7 Å². The van der Waals surface area contributed by atoms with Crippen molar-refractivity contribution in [3.8, 4) is 11.5 Å². The van der Waals surface area contributed by atoms with E-state index >= 15 is 0 Å². The monoisotopic (exact) mass is 504 g/mol. The summed E-state index contributed by atoms with van der Waals surface area (Å²) in [6.07, 6.45) is -0.517. The summed E-state index contributed by atoms with van der Waals surface area (Å²) >= 11 is 0. The van der Waals surface area contributed by atoms with E-state index in [-0.39, 0.29) is 19.6 Å². The van der Waals surface area contributed by atoms with Gasteiger partial charge < -0.3 is 14.2 Å². The predicted octanol–water partition coefficient (Wildman–Crippen LogP) is 4.61. The van der Waals surface area contributed by atoms with E-state index < -0.39 is 35.4 Å². The number of imide groups is 1. The number of nitrogens with zero attached hydrogens (tertiary/aromatic N) is 2. The lowest BCUT2D eigenvalue weighted by Gasteiger charge is -2.22. The van der Waals surface area contributed by atoms with Crippen molar-refractivity contribution in [2.75, 3.05) is 20.3 Å². The Kier molecular flexibility index (Phi) is 8.35. The minimum absolute atomic E-state index is 0.0827. The predicted molar refractivity (Wildman–Crippen MR) is 135 cm³/mol. The van der Waals surface area contributed by atoms with Crippen molar-refractivity contribution in [2.45, 2.75) is 31.4 Å². The number of carbonyl (C=O) groups is 2. The first kappa shape index (κ1) is 25.7. The van der Waals surface area contributed by atoms with E-state index in [2.05, 4.69) is 0 Å². The quantitative estimate of drug-likeness (QED) is 0.277. The summed E-state index contributed by atoms with van der Waals surface area (Å²) in [5.41, 5.74) is 2.45. The molecule has 0 bridgehead atoms. The second kappa shape index (κ2) is 12.0. The minimum Gasteiger partial charge on any atom is -0.493 e. The molecule has 1 heterocycles. The summed E-state index contributed by atoms with van der Waals surface area (Å²) in [6.45, 7) is -0.123. The molecule has 3 aromatic rings. The number of carbonyl (C=O) groups excluding carboxylic acids is 2. The van der Waals surface area contributed by atoms with Gasteiger partial charge in [0.1, 0.15) is 13.2 Å². The Bertz CT molecular complexity index is 1230. The van der Waals surface area contributed by atoms with Crippen molar-refractivity contribution in [1.29, 1.82) is 0 Å². The molecule has 0 unspecified atom stereocenters. The fourth-order valence-electron chi connectivity index (χ4n) is 4.37. The van der Waals surface area contributed by atoms with Gasteiger partial charge >= 0.3 is 6.09 Å². The first-order valence-corrected chi connectivity index (χ1v) is 11.9. The van der Waals surface area contributed by atoms with E-state index in [1.807, 2.05) is 60.7 Å². The van der Waals surface area contributed by atoms with Crippen LogP contribution in [-0.4, -0.2) is 48.1 Å². The summed E-state index contributed by atoms with van der Waals surface area (Å²) in [4.78, 5) is 37.9. The van der Waals surface area contributed by atoms with Gasteiger partial charge in [-0.1, -0.05) is 66.7 Å². The highest BCUT2D eigenvalue weighted by Crippen LogP contribution is 2.33. The van der Waals surface area contributed by atoms with Crippen molar-refractivity contribution in [3.63, 3.8) is 0 Å². The maximum absolute atomic E-state index is 13.3. The Morgan fingerprint density at radius 3 is 2.38 bits per heavy atom. The molecule has 9 heteroatoms. The lowest BCUT2D eigenvalue weighted by molar-refractivity contribution is -0.483. The molecule has 192 valence electrons. The van der Waals surface area contributed by atoms with Crippen LogP contribution >= 0.6 is 0 Å². The standard InChI is InChI=1S/C28H28N2O7/c1-35-25-13-12-22(15-26(25)36-18-21-10-6-3-7-11-21)23(17-29(33)34)16-27(31)30-24(19-37-28(30)32)14-20-8-4-2-5-9-20/h2-13,15,23-24H,14,16-19H2,1H3/t23-,24-/m1/s1. The van der Waals surface area contributed by atoms with E-state index in [1.54, 1.807) is 18.2 Å². The number of hydrogen-bond acceptors (Lipinski definition) is 7. The zero-order chi connectivity index (χ0) is 26.2. The summed E-state index contributed by atoms with van der Waals surface area (Å²) < 4.78 is 16.5. The summed E-state index contributed by atoms with van der Waals surface area (Å²) in [7, 11) is 1.51. The molecule has 37 heavy (non-hydrogen) atoms. The first-order chi connectivity index (χ1) is 17.9. The van der Waals surface area contributed by atoms with Crippen LogP contribution < -0.4 is 9.47 Å². The third-order valence-corrected chi connectivity index (χ3v) is 6.23. The van der Waals surface area contributed by atoms with Crippen LogP contribution in [0.5, 0.6) is 11.5 Å². The number of cyclic esters (lactones) is 1. The van der Waals surface area contributed by atoms with Gasteiger partial charge in [-0.05, 0) is 35.2 Å². The second-order valence-corrected chi connectivity index (χ2v) is 8.79. The number of methoxy groups -OCH3 is 1. The lowest BCUT2D eigenvalue weighted by atomic mass is 9.94. The van der Waals surface area contributed by atoms with E-state index in [0.717, 1.165) is 16.0 Å². The van der Waals surface area contributed by atoms with Crippen molar-refractivity contribution in [3.05, 3.63) is 106 Å². The van der Waals surface area contributed by atoms with Crippen molar-refractivity contribution >= 4 is 12.0 Å². The van der Waals surface area contributed by atoms with E-state index in [1.165, 1.54) is 7.11 Å². The average molecular weight is 505 g/mol. The number of rotatable bonds is 11. The Morgan fingerprint density at radius 2 is 1.73 bits per heavy atom. The smallest absolute Gasteiger partial charge is 0.416 e. The van der Waals surface area contributed by atoms with E-state index in [4.69, 9.17) is 14.2 Å². The molecule has 2 amide bonds. The first-order valence-electron chi connectivity index (χ1n) is 11.9. The zero-order valence-electron chi connectivity index (χ0n) is 20.4. The molecule has 9 nitrogen and oxygen atoms in total. The normalized spacial score (nSPS) is 15.6. The van der Waals surface area contributed by atoms with E-state index in [0.29, 0.717) is 23.5 Å². The zero-order valence-corrected chi connectivity index (χ0v) is 20.4. The number of nitro groups is 1. The molecule has 0 aliphatic carbocycles. The molecule has 0 spiro atoms. The average Bonchev–Trinajstić information content (AvgIpc) is 3.27. The summed E-state index contributed by atoms with van der Waals surface area (Å²) in [5, 5.41) is 11.5. The van der Waals surface area contributed by atoms with Gasteiger partial charge in [0.25, 0.3) is 0 Å². The molecule has 1 fully saturated rings. The third-order valence-electron chi connectivity index (χ3n) is 6.23. The van der Waals surface area contributed by atoms with Crippen LogP contribution in [0.3, 0.4) is 0 Å². The van der Waals surface area contributed by atoms with Crippen molar-refractivity contribution in [2.24, 2.45) is 0 Å². The molecular weight excluding hydrogens is 476 g/mol.